The van der Waals surface area contributed by atoms with Crippen LogP contribution >= 0.6 is 11.3 Å². The van der Waals surface area contributed by atoms with Crippen molar-refractivity contribution in [1.29, 1.82) is 0 Å². The molecule has 0 atom stereocenters. The zero-order valence-electron chi connectivity index (χ0n) is 10.4. The second-order valence-corrected chi connectivity index (χ2v) is 5.83. The lowest BCUT2D eigenvalue weighted by atomic mass is 10.2. The van der Waals surface area contributed by atoms with Crippen LogP contribution in [0.4, 0.5) is 0 Å². The van der Waals surface area contributed by atoms with Crippen LogP contribution in [0.2, 0.25) is 0 Å². The van der Waals surface area contributed by atoms with E-state index in [1.165, 1.54) is 24.0 Å². The van der Waals surface area contributed by atoms with Gasteiger partial charge in [-0.3, -0.25) is 4.90 Å². The van der Waals surface area contributed by atoms with E-state index in [9.17, 15) is 4.79 Å². The van der Waals surface area contributed by atoms with Gasteiger partial charge in [0.15, 0.2) is 0 Å². The van der Waals surface area contributed by atoms with Crippen LogP contribution in [0.15, 0.2) is 34.3 Å². The van der Waals surface area contributed by atoms with Crippen LogP contribution in [0, 0.1) is 0 Å². The van der Waals surface area contributed by atoms with Crippen LogP contribution in [-0.2, 0) is 13.1 Å². The molecule has 1 N–H and O–H groups in total. The first-order chi connectivity index (χ1) is 9.24. The third kappa shape index (κ3) is 2.88. The number of rotatable bonds is 6. The van der Waals surface area contributed by atoms with Crippen LogP contribution in [0.25, 0.3) is 0 Å². The Labute approximate surface area is 115 Å². The highest BCUT2D eigenvalue weighted by Crippen LogP contribution is 2.31. The average Bonchev–Trinajstić information content (AvgIpc) is 2.90. The number of carboxylic acid groups (broad SMARTS) is 1. The van der Waals surface area contributed by atoms with E-state index in [0.29, 0.717) is 12.6 Å². The first-order valence-corrected chi connectivity index (χ1v) is 7.18. The van der Waals surface area contributed by atoms with Crippen molar-refractivity contribution >= 4 is 17.3 Å². The standard InChI is InChI=1S/C14H15NO3S/c16-14(17)13-10(5-6-18-13)8-15(11-3-4-11)9-12-2-1-7-19-12/h1-2,5-7,11H,3-4,8-9H2,(H,16,17). The van der Waals surface area contributed by atoms with Gasteiger partial charge in [0.05, 0.1) is 6.26 Å². The summed E-state index contributed by atoms with van der Waals surface area (Å²) in [6.45, 7) is 1.52. The van der Waals surface area contributed by atoms with Crippen molar-refractivity contribution in [2.45, 2.75) is 32.0 Å². The van der Waals surface area contributed by atoms with Gasteiger partial charge in [0.1, 0.15) is 0 Å². The third-order valence-electron chi connectivity index (χ3n) is 3.32. The summed E-state index contributed by atoms with van der Waals surface area (Å²) in [5.41, 5.74) is 0.760. The van der Waals surface area contributed by atoms with Crippen LogP contribution < -0.4 is 0 Å². The topological polar surface area (TPSA) is 53.7 Å². The van der Waals surface area contributed by atoms with Gasteiger partial charge >= 0.3 is 5.97 Å². The molecule has 3 rings (SSSR count). The Balaban J connectivity index is 1.74. The van der Waals surface area contributed by atoms with Gasteiger partial charge < -0.3 is 9.52 Å². The SMILES string of the molecule is O=C(O)c1occc1CN(Cc1cccs1)C1CC1. The molecule has 0 unspecified atom stereocenters. The average molecular weight is 277 g/mol. The lowest BCUT2D eigenvalue weighted by Crippen LogP contribution is -2.25. The molecule has 0 bridgehead atoms. The maximum Gasteiger partial charge on any atom is 0.372 e. The Kier molecular flexibility index (Phi) is 3.40. The molecule has 19 heavy (non-hydrogen) atoms. The van der Waals surface area contributed by atoms with Gasteiger partial charge in [0, 0.05) is 29.6 Å². The van der Waals surface area contributed by atoms with E-state index in [1.807, 2.05) is 6.07 Å². The van der Waals surface area contributed by atoms with Crippen LogP contribution in [0.5, 0.6) is 0 Å². The smallest absolute Gasteiger partial charge is 0.372 e. The molecule has 5 heteroatoms. The second-order valence-electron chi connectivity index (χ2n) is 4.80. The zero-order chi connectivity index (χ0) is 13.2. The molecule has 1 aliphatic carbocycles. The van der Waals surface area contributed by atoms with Crippen molar-refractivity contribution in [1.82, 2.24) is 4.90 Å². The molecule has 4 nitrogen and oxygen atoms in total. The minimum Gasteiger partial charge on any atom is -0.475 e. The molecular weight excluding hydrogens is 262 g/mol. The predicted octanol–water partition coefficient (Wildman–Crippen LogP) is 3.20. The van der Waals surface area contributed by atoms with Crippen LogP contribution in [0.3, 0.4) is 0 Å². The highest BCUT2D eigenvalue weighted by atomic mass is 32.1. The van der Waals surface area contributed by atoms with E-state index in [0.717, 1.165) is 12.1 Å². The molecule has 0 aromatic carbocycles. The van der Waals surface area contributed by atoms with E-state index in [2.05, 4.69) is 16.3 Å². The fourth-order valence-corrected chi connectivity index (χ4v) is 2.95. The number of hydrogen-bond donors (Lipinski definition) is 1. The van der Waals surface area contributed by atoms with Crippen molar-refractivity contribution in [2.24, 2.45) is 0 Å². The fraction of sp³-hybridized carbons (Fsp3) is 0.357. The number of carbonyl (C=O) groups is 1. The summed E-state index contributed by atoms with van der Waals surface area (Å²) in [6, 6.07) is 6.51. The number of aromatic carboxylic acids is 1. The maximum absolute atomic E-state index is 11.1. The van der Waals surface area contributed by atoms with E-state index in [1.54, 1.807) is 17.4 Å². The van der Waals surface area contributed by atoms with Gasteiger partial charge in [-0.05, 0) is 30.4 Å². The molecule has 2 aromatic heterocycles. The molecule has 2 heterocycles. The third-order valence-corrected chi connectivity index (χ3v) is 4.18. The Morgan fingerprint density at radius 3 is 2.89 bits per heavy atom. The summed E-state index contributed by atoms with van der Waals surface area (Å²) in [5, 5.41) is 11.1. The maximum atomic E-state index is 11.1. The molecule has 0 aliphatic heterocycles. The largest absolute Gasteiger partial charge is 0.475 e. The van der Waals surface area contributed by atoms with E-state index in [4.69, 9.17) is 9.52 Å². The second kappa shape index (κ2) is 5.19. The Hall–Kier alpha value is -1.59. The van der Waals surface area contributed by atoms with E-state index >= 15 is 0 Å². The van der Waals surface area contributed by atoms with E-state index < -0.39 is 5.97 Å². The summed E-state index contributed by atoms with van der Waals surface area (Å²) < 4.78 is 5.04. The summed E-state index contributed by atoms with van der Waals surface area (Å²) in [5.74, 6) is -0.927. The van der Waals surface area contributed by atoms with Crippen molar-refractivity contribution in [3.05, 3.63) is 46.0 Å². The molecule has 1 saturated carbocycles. The lowest BCUT2D eigenvalue weighted by molar-refractivity contribution is 0.0658. The quantitative estimate of drug-likeness (QED) is 0.881. The number of hydrogen-bond acceptors (Lipinski definition) is 4. The van der Waals surface area contributed by atoms with Crippen LogP contribution in [0.1, 0.15) is 33.8 Å². The summed E-state index contributed by atoms with van der Waals surface area (Å²) in [4.78, 5) is 14.7. The Morgan fingerprint density at radius 2 is 2.26 bits per heavy atom. The van der Waals surface area contributed by atoms with Gasteiger partial charge in [0.25, 0.3) is 0 Å². The summed E-state index contributed by atoms with van der Waals surface area (Å²) in [7, 11) is 0. The van der Waals surface area contributed by atoms with Crippen molar-refractivity contribution in [3.8, 4) is 0 Å². The number of carboxylic acids is 1. The van der Waals surface area contributed by atoms with Crippen molar-refractivity contribution in [2.75, 3.05) is 0 Å². The summed E-state index contributed by atoms with van der Waals surface area (Å²) >= 11 is 1.74. The molecule has 100 valence electrons. The molecular formula is C14H15NO3S. The van der Waals surface area contributed by atoms with Crippen LogP contribution in [-0.4, -0.2) is 22.0 Å². The molecule has 0 amide bonds. The molecule has 1 fully saturated rings. The van der Waals surface area contributed by atoms with Gasteiger partial charge in [-0.1, -0.05) is 6.07 Å². The van der Waals surface area contributed by atoms with Crippen molar-refractivity contribution < 1.29 is 14.3 Å². The Bertz CT molecular complexity index is 557. The Morgan fingerprint density at radius 1 is 1.42 bits per heavy atom. The van der Waals surface area contributed by atoms with Gasteiger partial charge in [0.2, 0.25) is 5.76 Å². The lowest BCUT2D eigenvalue weighted by Gasteiger charge is -2.20. The summed E-state index contributed by atoms with van der Waals surface area (Å²) in [6.07, 6.45) is 3.85. The first-order valence-electron chi connectivity index (χ1n) is 6.30. The normalized spacial score (nSPS) is 15.0. The number of furan rings is 1. The van der Waals surface area contributed by atoms with Gasteiger partial charge in [-0.15, -0.1) is 11.3 Å². The van der Waals surface area contributed by atoms with Crippen molar-refractivity contribution in [3.63, 3.8) is 0 Å². The van der Waals surface area contributed by atoms with Gasteiger partial charge in [-0.25, -0.2) is 4.79 Å². The van der Waals surface area contributed by atoms with E-state index in [-0.39, 0.29) is 5.76 Å². The van der Waals surface area contributed by atoms with Gasteiger partial charge in [-0.2, -0.15) is 0 Å². The predicted molar refractivity (Wildman–Crippen MR) is 72.3 cm³/mol. The first kappa shape index (κ1) is 12.4. The minimum atomic E-state index is -0.994. The zero-order valence-corrected chi connectivity index (χ0v) is 11.2. The monoisotopic (exact) mass is 277 g/mol. The molecule has 0 spiro atoms. The number of thiophene rings is 1. The minimum absolute atomic E-state index is 0.0665. The molecule has 1 aliphatic rings. The number of nitrogens with zero attached hydrogens (tertiary/aromatic N) is 1. The molecule has 0 saturated heterocycles. The molecule has 2 aromatic rings. The fourth-order valence-electron chi connectivity index (χ4n) is 2.22. The molecule has 0 radical (unpaired) electrons. The highest BCUT2D eigenvalue weighted by Gasteiger charge is 2.30. The highest BCUT2D eigenvalue weighted by molar-refractivity contribution is 7.09.